The van der Waals surface area contributed by atoms with Crippen molar-refractivity contribution < 1.29 is 18.7 Å². The maximum absolute atomic E-state index is 14.0. The van der Waals surface area contributed by atoms with Crippen LogP contribution in [0.5, 0.6) is 0 Å². The Kier molecular flexibility index (Phi) is 8.85. The van der Waals surface area contributed by atoms with Gasteiger partial charge in [0.15, 0.2) is 0 Å². The van der Waals surface area contributed by atoms with Gasteiger partial charge >= 0.3 is 0 Å². The third kappa shape index (κ3) is 6.24. The Morgan fingerprint density at radius 2 is 1.78 bits per heavy atom. The monoisotopic (exact) mass is 625 g/mol. The summed E-state index contributed by atoms with van der Waals surface area (Å²) in [5.74, 6) is 0.0528. The number of fused-ring (bicyclic) bond motifs is 2. The summed E-state index contributed by atoms with van der Waals surface area (Å²) in [5, 5.41) is 0.580. The number of anilines is 2. The van der Waals surface area contributed by atoms with Crippen LogP contribution in [0.4, 0.5) is 11.4 Å². The summed E-state index contributed by atoms with van der Waals surface area (Å²) in [6.45, 7) is 11.0. The van der Waals surface area contributed by atoms with Crippen molar-refractivity contribution in [2.45, 2.75) is 60.2 Å². The first-order chi connectivity index (χ1) is 22.1. The van der Waals surface area contributed by atoms with Crippen molar-refractivity contribution in [1.29, 1.82) is 0 Å². The number of rotatable bonds is 12. The molecule has 1 saturated carbocycles. The molecule has 4 aromatic rings. The van der Waals surface area contributed by atoms with Gasteiger partial charge in [-0.05, 0) is 81.8 Å². The van der Waals surface area contributed by atoms with Crippen LogP contribution in [0.3, 0.4) is 0 Å². The van der Waals surface area contributed by atoms with E-state index in [4.69, 9.17) is 9.15 Å². The topological polar surface area (TPSA) is 101 Å². The van der Waals surface area contributed by atoms with E-state index in [9.17, 15) is 14.4 Å². The fourth-order valence-corrected chi connectivity index (χ4v) is 6.34. The lowest BCUT2D eigenvalue weighted by atomic mass is 9.90. The largest absolute Gasteiger partial charge is 0.464 e. The standard InChI is InChI=1S/C36H43N5O5/c1-24-20-39(33(42)29-12-17-46-32(24)29)15-14-38(23-28-7-6-13-37-25(28)2)21-27-10-11-30-31(19-27)41(22-26-8-9-26)35(44)36(3,4)34(43)40(30)16-18-45-5/h6-7,10-13,17,19-20,26H,8-9,14-16,18,21-23H2,1-5H3. The number of methoxy groups -OCH3 is 1. The Balaban J connectivity index is 1.35. The van der Waals surface area contributed by atoms with E-state index in [1.807, 2.05) is 43.1 Å². The van der Waals surface area contributed by atoms with Crippen LogP contribution >= 0.6 is 0 Å². The second kappa shape index (κ2) is 12.8. The summed E-state index contributed by atoms with van der Waals surface area (Å²) in [6.07, 6.45) is 7.38. The van der Waals surface area contributed by atoms with E-state index in [2.05, 4.69) is 22.0 Å². The molecule has 1 aromatic carbocycles. The number of hydrogen-bond acceptors (Lipinski definition) is 7. The molecule has 4 heterocycles. The van der Waals surface area contributed by atoms with Crippen LogP contribution in [-0.4, -0.2) is 59.6 Å². The molecule has 1 aliphatic heterocycles. The van der Waals surface area contributed by atoms with Gasteiger partial charge in [-0.15, -0.1) is 0 Å². The highest BCUT2D eigenvalue weighted by Crippen LogP contribution is 2.42. The van der Waals surface area contributed by atoms with Crippen LogP contribution in [0.2, 0.25) is 0 Å². The highest BCUT2D eigenvalue weighted by molar-refractivity contribution is 6.20. The van der Waals surface area contributed by atoms with Crippen LogP contribution in [0.1, 0.15) is 49.1 Å². The molecule has 10 nitrogen and oxygen atoms in total. The highest BCUT2D eigenvalue weighted by Gasteiger charge is 2.47. The number of pyridine rings is 2. The molecule has 0 bridgehead atoms. The first-order valence-electron chi connectivity index (χ1n) is 16.0. The molecule has 3 aromatic heterocycles. The van der Waals surface area contributed by atoms with E-state index in [0.29, 0.717) is 62.8 Å². The van der Waals surface area contributed by atoms with E-state index >= 15 is 0 Å². The summed E-state index contributed by atoms with van der Waals surface area (Å²) in [6, 6.07) is 11.8. The van der Waals surface area contributed by atoms with Crippen molar-refractivity contribution in [3.8, 4) is 0 Å². The van der Waals surface area contributed by atoms with E-state index < -0.39 is 5.41 Å². The van der Waals surface area contributed by atoms with Crippen molar-refractivity contribution in [3.63, 3.8) is 0 Å². The Morgan fingerprint density at radius 1 is 1.00 bits per heavy atom. The summed E-state index contributed by atoms with van der Waals surface area (Å²) in [7, 11) is 1.61. The normalized spacial score (nSPS) is 16.4. The Bertz CT molecular complexity index is 1820. The van der Waals surface area contributed by atoms with Gasteiger partial charge in [-0.1, -0.05) is 12.1 Å². The molecule has 0 radical (unpaired) electrons. The molecule has 0 unspecified atom stereocenters. The lowest BCUT2D eigenvalue weighted by Gasteiger charge is -2.29. The molecule has 0 atom stereocenters. The van der Waals surface area contributed by atoms with Gasteiger partial charge in [0, 0.05) is 70.0 Å². The zero-order chi connectivity index (χ0) is 32.6. The molecule has 46 heavy (non-hydrogen) atoms. The minimum Gasteiger partial charge on any atom is -0.464 e. The SMILES string of the molecule is COCCN1C(=O)C(C)(C)C(=O)N(CC2CC2)c2cc(CN(CCn3cc(C)c4occc4c3=O)Cc3cccnc3C)ccc21. The molecule has 10 heteroatoms. The van der Waals surface area contributed by atoms with Gasteiger partial charge < -0.3 is 23.5 Å². The van der Waals surface area contributed by atoms with Crippen molar-refractivity contribution in [3.05, 3.63) is 87.8 Å². The summed E-state index contributed by atoms with van der Waals surface area (Å²) >= 11 is 0. The van der Waals surface area contributed by atoms with Gasteiger partial charge in [-0.2, -0.15) is 0 Å². The lowest BCUT2D eigenvalue weighted by molar-refractivity contribution is -0.137. The third-order valence-corrected chi connectivity index (χ3v) is 9.28. The predicted octanol–water partition coefficient (Wildman–Crippen LogP) is 5.07. The number of nitrogens with zero attached hydrogens (tertiary/aromatic N) is 5. The van der Waals surface area contributed by atoms with Crippen molar-refractivity contribution in [2.24, 2.45) is 11.3 Å². The predicted molar refractivity (Wildman–Crippen MR) is 178 cm³/mol. The molecule has 2 amide bonds. The van der Waals surface area contributed by atoms with Gasteiger partial charge in [0.25, 0.3) is 5.56 Å². The van der Waals surface area contributed by atoms with Gasteiger partial charge in [0.2, 0.25) is 11.8 Å². The van der Waals surface area contributed by atoms with Crippen LogP contribution in [-0.2, 0) is 34.0 Å². The molecule has 2 aliphatic rings. The summed E-state index contributed by atoms with van der Waals surface area (Å²) < 4.78 is 12.6. The maximum Gasteiger partial charge on any atom is 0.261 e. The molecule has 0 N–H and O–H groups in total. The lowest BCUT2D eigenvalue weighted by Crippen LogP contribution is -2.49. The number of benzene rings is 1. The number of ether oxygens (including phenoxy) is 1. The van der Waals surface area contributed by atoms with Crippen molar-refractivity contribution in [1.82, 2.24) is 14.5 Å². The number of furan rings is 1. The summed E-state index contributed by atoms with van der Waals surface area (Å²) in [5.41, 5.74) is 4.84. The zero-order valence-electron chi connectivity index (χ0n) is 27.4. The molecular weight excluding hydrogens is 582 g/mol. The Labute approximate surface area is 269 Å². The molecule has 0 spiro atoms. The molecule has 1 aliphatic carbocycles. The number of carbonyl (C=O) groups excluding carboxylic acids is 2. The van der Waals surface area contributed by atoms with Gasteiger partial charge in [0.1, 0.15) is 11.0 Å². The number of carbonyl (C=O) groups is 2. The molecular formula is C36H43N5O5. The second-order valence-electron chi connectivity index (χ2n) is 13.2. The van der Waals surface area contributed by atoms with Crippen LogP contribution in [0.15, 0.2) is 64.3 Å². The van der Waals surface area contributed by atoms with E-state index in [1.54, 1.807) is 49.0 Å². The fraction of sp³-hybridized carbons (Fsp3) is 0.444. The zero-order valence-corrected chi connectivity index (χ0v) is 27.4. The highest BCUT2D eigenvalue weighted by atomic mass is 16.5. The average molecular weight is 626 g/mol. The first-order valence-corrected chi connectivity index (χ1v) is 16.0. The van der Waals surface area contributed by atoms with Crippen LogP contribution < -0.4 is 15.4 Å². The van der Waals surface area contributed by atoms with Crippen molar-refractivity contribution in [2.75, 3.05) is 43.2 Å². The maximum atomic E-state index is 14.0. The van der Waals surface area contributed by atoms with Gasteiger partial charge in [-0.3, -0.25) is 24.3 Å². The molecule has 242 valence electrons. The molecule has 0 saturated heterocycles. The average Bonchev–Trinajstić information content (AvgIpc) is 3.73. The minimum atomic E-state index is -1.20. The first kappa shape index (κ1) is 31.7. The van der Waals surface area contributed by atoms with Gasteiger partial charge in [-0.25, -0.2) is 0 Å². The molecule has 1 fully saturated rings. The number of aromatic nitrogens is 2. The molecule has 6 rings (SSSR count). The van der Waals surface area contributed by atoms with E-state index in [1.165, 1.54) is 0 Å². The smallest absolute Gasteiger partial charge is 0.261 e. The van der Waals surface area contributed by atoms with E-state index in [-0.39, 0.29) is 17.4 Å². The minimum absolute atomic E-state index is 0.0745. The summed E-state index contributed by atoms with van der Waals surface area (Å²) in [4.78, 5) is 51.4. The van der Waals surface area contributed by atoms with Crippen molar-refractivity contribution >= 4 is 34.2 Å². The Morgan fingerprint density at radius 3 is 2.52 bits per heavy atom. The second-order valence-corrected chi connectivity index (χ2v) is 13.2. The van der Waals surface area contributed by atoms with Gasteiger partial charge in [0.05, 0.1) is 29.6 Å². The number of hydrogen-bond donors (Lipinski definition) is 0. The van der Waals surface area contributed by atoms with Crippen LogP contribution in [0.25, 0.3) is 11.0 Å². The van der Waals surface area contributed by atoms with E-state index in [0.717, 1.165) is 46.6 Å². The van der Waals surface area contributed by atoms with Crippen LogP contribution in [0, 0.1) is 25.2 Å². The third-order valence-electron chi connectivity index (χ3n) is 9.28. The fourth-order valence-electron chi connectivity index (χ4n) is 6.34. The number of aryl methyl sites for hydroxylation is 2. The quantitative estimate of drug-likeness (QED) is 0.203. The number of amides is 2. The Hall–Kier alpha value is -4.28.